The first-order valence-corrected chi connectivity index (χ1v) is 7.42. The number of hydrogen-bond acceptors (Lipinski definition) is 5. The maximum absolute atomic E-state index is 12.0. The van der Waals surface area contributed by atoms with Gasteiger partial charge in [-0.25, -0.2) is 4.79 Å². The van der Waals surface area contributed by atoms with Crippen LogP contribution in [0.3, 0.4) is 0 Å². The highest BCUT2D eigenvalue weighted by Crippen LogP contribution is 2.11. The monoisotopic (exact) mass is 312 g/mol. The van der Waals surface area contributed by atoms with Gasteiger partial charge in [0.25, 0.3) is 11.8 Å². The highest BCUT2D eigenvalue weighted by Gasteiger charge is 2.27. The summed E-state index contributed by atoms with van der Waals surface area (Å²) >= 11 is 1.29. The number of carbonyl (C=O) groups is 3. The van der Waals surface area contributed by atoms with E-state index in [2.05, 4.69) is 5.32 Å². The van der Waals surface area contributed by atoms with Crippen molar-refractivity contribution in [2.45, 2.75) is 19.9 Å². The molecule has 7 heteroatoms. The molecule has 1 rings (SSSR count). The summed E-state index contributed by atoms with van der Waals surface area (Å²) in [6, 6.07) is 2.66. The Morgan fingerprint density at radius 3 is 2.48 bits per heavy atom. The van der Waals surface area contributed by atoms with Gasteiger partial charge in [0.15, 0.2) is 6.61 Å². The Hall–Kier alpha value is -1.89. The quantitative estimate of drug-likeness (QED) is 0.799. The van der Waals surface area contributed by atoms with Gasteiger partial charge in [-0.05, 0) is 17.4 Å². The second-order valence-corrected chi connectivity index (χ2v) is 6.02. The van der Waals surface area contributed by atoms with Crippen molar-refractivity contribution in [3.8, 4) is 0 Å². The third kappa shape index (κ3) is 5.18. The van der Waals surface area contributed by atoms with Crippen molar-refractivity contribution in [2.75, 3.05) is 20.7 Å². The molecule has 1 aromatic rings. The molecule has 0 aliphatic heterocycles. The SMILES string of the molecule is CC(C)[C@@H](NC(=O)c1cccs1)C(=O)OCC(=O)N(C)C. The molecule has 0 aliphatic rings. The highest BCUT2D eigenvalue weighted by atomic mass is 32.1. The Labute approximate surface area is 128 Å². The molecule has 0 aromatic carbocycles. The van der Waals surface area contributed by atoms with Crippen LogP contribution in [0.25, 0.3) is 0 Å². The molecule has 0 bridgehead atoms. The van der Waals surface area contributed by atoms with Gasteiger partial charge in [0.05, 0.1) is 4.88 Å². The zero-order valence-electron chi connectivity index (χ0n) is 12.6. The van der Waals surface area contributed by atoms with E-state index in [1.807, 2.05) is 0 Å². The highest BCUT2D eigenvalue weighted by molar-refractivity contribution is 7.12. The number of esters is 1. The molecule has 0 aliphatic carbocycles. The van der Waals surface area contributed by atoms with Crippen LogP contribution in [0.2, 0.25) is 0 Å². The summed E-state index contributed by atoms with van der Waals surface area (Å²) in [6.07, 6.45) is 0. The molecule has 1 atom stereocenters. The van der Waals surface area contributed by atoms with Crippen molar-refractivity contribution < 1.29 is 19.1 Å². The number of ether oxygens (including phenoxy) is 1. The zero-order chi connectivity index (χ0) is 16.0. The first-order chi connectivity index (χ1) is 9.82. The molecule has 1 heterocycles. The van der Waals surface area contributed by atoms with E-state index in [0.717, 1.165) is 0 Å². The molecule has 0 radical (unpaired) electrons. The second-order valence-electron chi connectivity index (χ2n) is 5.07. The van der Waals surface area contributed by atoms with Crippen LogP contribution in [0.1, 0.15) is 23.5 Å². The molecule has 2 amide bonds. The van der Waals surface area contributed by atoms with E-state index in [9.17, 15) is 14.4 Å². The fourth-order valence-corrected chi connectivity index (χ4v) is 2.10. The molecular weight excluding hydrogens is 292 g/mol. The summed E-state index contributed by atoms with van der Waals surface area (Å²) in [5.74, 6) is -1.38. The second kappa shape index (κ2) is 7.78. The maximum Gasteiger partial charge on any atom is 0.329 e. The average molecular weight is 312 g/mol. The number of nitrogens with zero attached hydrogens (tertiary/aromatic N) is 1. The van der Waals surface area contributed by atoms with Crippen molar-refractivity contribution in [3.63, 3.8) is 0 Å². The van der Waals surface area contributed by atoms with E-state index in [4.69, 9.17) is 4.74 Å². The number of nitrogens with one attached hydrogen (secondary N) is 1. The van der Waals surface area contributed by atoms with Crippen LogP contribution in [0.15, 0.2) is 17.5 Å². The lowest BCUT2D eigenvalue weighted by Gasteiger charge is -2.21. The number of rotatable bonds is 6. The van der Waals surface area contributed by atoms with Crippen molar-refractivity contribution in [1.29, 1.82) is 0 Å². The number of carbonyl (C=O) groups excluding carboxylic acids is 3. The fourth-order valence-electron chi connectivity index (χ4n) is 1.47. The van der Waals surface area contributed by atoms with Gasteiger partial charge in [-0.3, -0.25) is 9.59 Å². The summed E-state index contributed by atoms with van der Waals surface area (Å²) in [6.45, 7) is 3.27. The van der Waals surface area contributed by atoms with Crippen molar-refractivity contribution in [1.82, 2.24) is 10.2 Å². The minimum Gasteiger partial charge on any atom is -0.454 e. The minimum absolute atomic E-state index is 0.143. The Bertz CT molecular complexity index is 497. The first kappa shape index (κ1) is 17.2. The molecule has 1 N–H and O–H groups in total. The van der Waals surface area contributed by atoms with Gasteiger partial charge in [0, 0.05) is 14.1 Å². The van der Waals surface area contributed by atoms with Gasteiger partial charge in [0.2, 0.25) is 0 Å². The molecule has 1 aromatic heterocycles. The predicted molar refractivity (Wildman–Crippen MR) is 80.1 cm³/mol. The van der Waals surface area contributed by atoms with Crippen molar-refractivity contribution in [3.05, 3.63) is 22.4 Å². The van der Waals surface area contributed by atoms with Gasteiger partial charge in [-0.2, -0.15) is 0 Å². The van der Waals surface area contributed by atoms with Crippen LogP contribution >= 0.6 is 11.3 Å². The van der Waals surface area contributed by atoms with Gasteiger partial charge < -0.3 is 15.0 Å². The Kier molecular flexibility index (Phi) is 6.36. The van der Waals surface area contributed by atoms with E-state index in [1.54, 1.807) is 45.5 Å². The van der Waals surface area contributed by atoms with Crippen molar-refractivity contribution in [2.24, 2.45) is 5.92 Å². The number of hydrogen-bond donors (Lipinski definition) is 1. The van der Waals surface area contributed by atoms with Crippen LogP contribution in [-0.4, -0.2) is 49.4 Å². The minimum atomic E-state index is -0.783. The molecule has 0 spiro atoms. The molecule has 21 heavy (non-hydrogen) atoms. The lowest BCUT2D eigenvalue weighted by Crippen LogP contribution is -2.46. The zero-order valence-corrected chi connectivity index (χ0v) is 13.4. The van der Waals surface area contributed by atoms with Crippen LogP contribution < -0.4 is 5.32 Å². The molecule has 116 valence electrons. The van der Waals surface area contributed by atoms with E-state index in [0.29, 0.717) is 4.88 Å². The third-order valence-electron chi connectivity index (χ3n) is 2.79. The third-order valence-corrected chi connectivity index (χ3v) is 3.66. The smallest absolute Gasteiger partial charge is 0.329 e. The Morgan fingerprint density at radius 2 is 2.00 bits per heavy atom. The summed E-state index contributed by atoms with van der Waals surface area (Å²) in [7, 11) is 3.16. The normalized spacial score (nSPS) is 11.9. The molecule has 0 saturated carbocycles. The van der Waals surface area contributed by atoms with Gasteiger partial charge in [-0.1, -0.05) is 19.9 Å². The summed E-state index contributed by atoms with van der Waals surface area (Å²) < 4.78 is 4.97. The number of amides is 2. The van der Waals surface area contributed by atoms with E-state index >= 15 is 0 Å². The van der Waals surface area contributed by atoms with Gasteiger partial charge in [0.1, 0.15) is 6.04 Å². The lowest BCUT2D eigenvalue weighted by atomic mass is 10.0. The van der Waals surface area contributed by atoms with Gasteiger partial charge in [-0.15, -0.1) is 11.3 Å². The van der Waals surface area contributed by atoms with Crippen LogP contribution in [0.5, 0.6) is 0 Å². The Balaban J connectivity index is 2.62. The van der Waals surface area contributed by atoms with Crippen LogP contribution in [0, 0.1) is 5.92 Å². The molecule has 0 fully saturated rings. The first-order valence-electron chi connectivity index (χ1n) is 6.54. The summed E-state index contributed by atoms with van der Waals surface area (Å²) in [5.41, 5.74) is 0. The number of likely N-dealkylation sites (N-methyl/N-ethyl adjacent to an activating group) is 1. The molecule has 6 nitrogen and oxygen atoms in total. The standard InChI is InChI=1S/C14H20N2O4S/c1-9(2)12(14(19)20-8-11(17)16(3)4)15-13(18)10-6-5-7-21-10/h5-7,9,12H,8H2,1-4H3,(H,15,18)/t12-/m1/s1. The van der Waals surface area contributed by atoms with Gasteiger partial charge >= 0.3 is 5.97 Å². The average Bonchev–Trinajstić information content (AvgIpc) is 2.94. The number of thiophene rings is 1. The molecule has 0 unspecified atom stereocenters. The van der Waals surface area contributed by atoms with Crippen molar-refractivity contribution >= 4 is 29.1 Å². The molecular formula is C14H20N2O4S. The largest absolute Gasteiger partial charge is 0.454 e. The lowest BCUT2D eigenvalue weighted by molar-refractivity contribution is -0.153. The Morgan fingerprint density at radius 1 is 1.33 bits per heavy atom. The topological polar surface area (TPSA) is 75.7 Å². The van der Waals surface area contributed by atoms with Crippen LogP contribution in [0.4, 0.5) is 0 Å². The summed E-state index contributed by atoms with van der Waals surface area (Å²) in [4.78, 5) is 37.3. The van der Waals surface area contributed by atoms with E-state index in [1.165, 1.54) is 16.2 Å². The summed E-state index contributed by atoms with van der Waals surface area (Å²) in [5, 5.41) is 4.43. The predicted octanol–water partition coefficient (Wildman–Crippen LogP) is 1.13. The molecule has 0 saturated heterocycles. The van der Waals surface area contributed by atoms with E-state index < -0.39 is 12.0 Å². The van der Waals surface area contributed by atoms with E-state index in [-0.39, 0.29) is 24.3 Å². The fraction of sp³-hybridized carbons (Fsp3) is 0.500. The van der Waals surface area contributed by atoms with Crippen LogP contribution in [-0.2, 0) is 14.3 Å². The maximum atomic E-state index is 12.0.